The maximum Gasteiger partial charge on any atom is 0.302 e. The quantitative estimate of drug-likeness (QED) is 0.531. The highest BCUT2D eigenvalue weighted by atomic mass is 16.6. The fraction of sp³-hybridized carbons (Fsp3) is 0.833. The van der Waals surface area contributed by atoms with E-state index >= 15 is 0 Å². The van der Waals surface area contributed by atoms with Gasteiger partial charge in [-0.25, -0.2) is 0 Å². The molecule has 102 valence electrons. The summed E-state index contributed by atoms with van der Waals surface area (Å²) in [6, 6.07) is 0. The summed E-state index contributed by atoms with van der Waals surface area (Å²) in [5, 5.41) is 0. The van der Waals surface area contributed by atoms with Gasteiger partial charge in [-0.05, 0) is 13.3 Å². The van der Waals surface area contributed by atoms with Crippen LogP contribution in [-0.2, 0) is 23.8 Å². The molecule has 0 radical (unpaired) electrons. The average Bonchev–Trinajstić information content (AvgIpc) is 2.17. The van der Waals surface area contributed by atoms with E-state index in [1.54, 1.807) is 14.0 Å². The maximum absolute atomic E-state index is 10.3. The fourth-order valence-electron chi connectivity index (χ4n) is 0.912. The first kappa shape index (κ1) is 18.3. The second-order valence-corrected chi connectivity index (χ2v) is 3.57. The molecule has 0 spiro atoms. The van der Waals surface area contributed by atoms with Crippen LogP contribution in [-0.4, -0.2) is 38.4 Å². The molecule has 0 aliphatic rings. The predicted molar refractivity (Wildman–Crippen MR) is 64.6 cm³/mol. The van der Waals surface area contributed by atoms with Gasteiger partial charge in [0.2, 0.25) is 0 Å². The van der Waals surface area contributed by atoms with E-state index in [4.69, 9.17) is 9.47 Å². The van der Waals surface area contributed by atoms with Crippen LogP contribution >= 0.6 is 0 Å². The van der Waals surface area contributed by atoms with Crippen molar-refractivity contribution in [1.82, 2.24) is 0 Å². The van der Waals surface area contributed by atoms with Gasteiger partial charge >= 0.3 is 11.9 Å². The monoisotopic (exact) mass is 248 g/mol. The van der Waals surface area contributed by atoms with Crippen molar-refractivity contribution in [2.75, 3.05) is 20.3 Å². The van der Waals surface area contributed by atoms with Gasteiger partial charge in [0.15, 0.2) is 0 Å². The Balaban J connectivity index is 0. The van der Waals surface area contributed by atoms with Crippen LogP contribution in [0.5, 0.6) is 0 Å². The normalized spacial score (nSPS) is 10.9. The topological polar surface area (TPSA) is 61.8 Å². The van der Waals surface area contributed by atoms with E-state index in [9.17, 15) is 9.59 Å². The summed E-state index contributed by atoms with van der Waals surface area (Å²) in [4.78, 5) is 20.3. The lowest BCUT2D eigenvalue weighted by Crippen LogP contribution is -2.17. The van der Waals surface area contributed by atoms with Crippen LogP contribution < -0.4 is 0 Å². The standard InChI is InChI=1S/C6H12O3.C6H12O2/c1-5(4-8-3)9-6(2)7;1-3-4-5-8-6(2)7/h5H,4H2,1-3H3;3-5H2,1-2H3. The van der Waals surface area contributed by atoms with Crippen molar-refractivity contribution in [3.05, 3.63) is 0 Å². The van der Waals surface area contributed by atoms with Gasteiger partial charge in [-0.3, -0.25) is 9.59 Å². The van der Waals surface area contributed by atoms with Crippen LogP contribution in [0.4, 0.5) is 0 Å². The van der Waals surface area contributed by atoms with Crippen LogP contribution in [0.15, 0.2) is 0 Å². The summed E-state index contributed by atoms with van der Waals surface area (Å²) < 4.78 is 14.1. The number of rotatable bonds is 6. The Kier molecular flexibility index (Phi) is 13.9. The van der Waals surface area contributed by atoms with Gasteiger partial charge in [0, 0.05) is 21.0 Å². The van der Waals surface area contributed by atoms with Crippen molar-refractivity contribution in [1.29, 1.82) is 0 Å². The van der Waals surface area contributed by atoms with Gasteiger partial charge in [0.25, 0.3) is 0 Å². The molecule has 1 unspecified atom stereocenters. The molecule has 0 rings (SSSR count). The molecule has 0 amide bonds. The number of hydrogen-bond acceptors (Lipinski definition) is 5. The molecular formula is C12H24O5. The largest absolute Gasteiger partial charge is 0.466 e. The number of methoxy groups -OCH3 is 1. The van der Waals surface area contributed by atoms with Gasteiger partial charge in [-0.1, -0.05) is 13.3 Å². The third-order valence-electron chi connectivity index (χ3n) is 1.57. The highest BCUT2D eigenvalue weighted by Gasteiger charge is 2.02. The molecule has 0 aromatic heterocycles. The summed E-state index contributed by atoms with van der Waals surface area (Å²) in [6.45, 7) is 7.68. The summed E-state index contributed by atoms with van der Waals surface area (Å²) in [5.41, 5.74) is 0. The van der Waals surface area contributed by atoms with Crippen molar-refractivity contribution in [2.24, 2.45) is 0 Å². The molecule has 0 saturated heterocycles. The van der Waals surface area contributed by atoms with Crippen molar-refractivity contribution >= 4 is 11.9 Å². The van der Waals surface area contributed by atoms with E-state index in [-0.39, 0.29) is 18.0 Å². The molecule has 5 nitrogen and oxygen atoms in total. The first-order valence-corrected chi connectivity index (χ1v) is 5.73. The molecule has 1 atom stereocenters. The van der Waals surface area contributed by atoms with Crippen molar-refractivity contribution < 1.29 is 23.8 Å². The molecule has 0 fully saturated rings. The third-order valence-corrected chi connectivity index (χ3v) is 1.57. The number of carbonyl (C=O) groups excluding carboxylic acids is 2. The van der Waals surface area contributed by atoms with Crippen molar-refractivity contribution in [3.63, 3.8) is 0 Å². The first-order valence-electron chi connectivity index (χ1n) is 5.73. The molecule has 0 bridgehead atoms. The number of carbonyl (C=O) groups is 2. The smallest absolute Gasteiger partial charge is 0.302 e. The molecule has 0 aliphatic heterocycles. The van der Waals surface area contributed by atoms with E-state index in [0.717, 1.165) is 12.8 Å². The number of esters is 2. The zero-order chi connectivity index (χ0) is 13.7. The maximum atomic E-state index is 10.3. The Morgan fingerprint density at radius 1 is 1.18 bits per heavy atom. The summed E-state index contributed by atoms with van der Waals surface area (Å²) in [6.07, 6.45) is 1.92. The summed E-state index contributed by atoms with van der Waals surface area (Å²) in [5.74, 6) is -0.446. The highest BCUT2D eigenvalue weighted by molar-refractivity contribution is 5.66. The second-order valence-electron chi connectivity index (χ2n) is 3.57. The van der Waals surface area contributed by atoms with Gasteiger partial charge in [-0.2, -0.15) is 0 Å². The predicted octanol–water partition coefficient (Wildman–Crippen LogP) is 1.93. The number of hydrogen-bond donors (Lipinski definition) is 0. The molecule has 0 aliphatic carbocycles. The Labute approximate surface area is 103 Å². The lowest BCUT2D eigenvalue weighted by molar-refractivity contribution is -0.147. The molecular weight excluding hydrogens is 224 g/mol. The molecule has 0 aromatic carbocycles. The van der Waals surface area contributed by atoms with E-state index in [1.807, 2.05) is 0 Å². The van der Waals surface area contributed by atoms with Crippen LogP contribution in [0.3, 0.4) is 0 Å². The minimum atomic E-state index is -0.264. The lowest BCUT2D eigenvalue weighted by atomic mass is 10.4. The lowest BCUT2D eigenvalue weighted by Gasteiger charge is -2.08. The highest BCUT2D eigenvalue weighted by Crippen LogP contribution is 1.90. The van der Waals surface area contributed by atoms with E-state index in [0.29, 0.717) is 13.2 Å². The molecule has 0 aromatic rings. The number of unbranched alkanes of at least 4 members (excludes halogenated alkanes) is 1. The summed E-state index contributed by atoms with van der Waals surface area (Å²) >= 11 is 0. The van der Waals surface area contributed by atoms with Crippen LogP contribution in [0.25, 0.3) is 0 Å². The van der Waals surface area contributed by atoms with E-state index in [2.05, 4.69) is 11.7 Å². The van der Waals surface area contributed by atoms with E-state index < -0.39 is 0 Å². The molecule has 17 heavy (non-hydrogen) atoms. The molecule has 5 heteroatoms. The Bertz CT molecular complexity index is 203. The zero-order valence-electron chi connectivity index (χ0n) is 11.4. The SMILES string of the molecule is CCCCOC(C)=O.COCC(C)OC(C)=O. The number of ether oxygens (including phenoxy) is 3. The minimum absolute atomic E-state index is 0.132. The fourth-order valence-corrected chi connectivity index (χ4v) is 0.912. The van der Waals surface area contributed by atoms with Gasteiger partial charge < -0.3 is 14.2 Å². The molecule has 0 N–H and O–H groups in total. The van der Waals surface area contributed by atoms with E-state index in [1.165, 1.54) is 13.8 Å². The van der Waals surface area contributed by atoms with Gasteiger partial charge in [-0.15, -0.1) is 0 Å². The average molecular weight is 248 g/mol. The van der Waals surface area contributed by atoms with Crippen LogP contribution in [0.1, 0.15) is 40.5 Å². The third kappa shape index (κ3) is 20.9. The van der Waals surface area contributed by atoms with Gasteiger partial charge in [0.1, 0.15) is 6.10 Å². The van der Waals surface area contributed by atoms with Crippen molar-refractivity contribution in [3.8, 4) is 0 Å². The zero-order valence-corrected chi connectivity index (χ0v) is 11.4. The van der Waals surface area contributed by atoms with Crippen molar-refractivity contribution in [2.45, 2.75) is 46.6 Å². The Hall–Kier alpha value is -1.10. The second kappa shape index (κ2) is 13.0. The first-order chi connectivity index (χ1) is 7.93. The Morgan fingerprint density at radius 2 is 1.76 bits per heavy atom. The summed E-state index contributed by atoms with van der Waals surface area (Å²) in [7, 11) is 1.57. The molecule has 0 saturated carbocycles. The molecule has 0 heterocycles. The minimum Gasteiger partial charge on any atom is -0.466 e. The Morgan fingerprint density at radius 3 is 2.12 bits per heavy atom. The van der Waals surface area contributed by atoms with Crippen LogP contribution in [0, 0.1) is 0 Å². The van der Waals surface area contributed by atoms with Gasteiger partial charge in [0.05, 0.1) is 13.2 Å². The van der Waals surface area contributed by atoms with Crippen LogP contribution in [0.2, 0.25) is 0 Å².